The number of anilines is 1. The van der Waals surface area contributed by atoms with Gasteiger partial charge < -0.3 is 10.0 Å². The zero-order valence-electron chi connectivity index (χ0n) is 12.9. The fourth-order valence-corrected chi connectivity index (χ4v) is 4.08. The molecule has 0 aromatic carbocycles. The van der Waals surface area contributed by atoms with Gasteiger partial charge in [-0.15, -0.1) is 11.3 Å². The van der Waals surface area contributed by atoms with Gasteiger partial charge >= 0.3 is 5.69 Å². The number of nitro groups is 1. The molecule has 1 atom stereocenters. The van der Waals surface area contributed by atoms with Crippen LogP contribution in [0.25, 0.3) is 0 Å². The largest absolute Gasteiger partial charge is 0.388 e. The summed E-state index contributed by atoms with van der Waals surface area (Å²) in [5.74, 6) is 0.447. The molecule has 0 aliphatic heterocycles. The molecular formula is C15H24N2O3S. The lowest BCUT2D eigenvalue weighted by Crippen LogP contribution is -2.36. The van der Waals surface area contributed by atoms with Crippen molar-refractivity contribution in [3.8, 4) is 0 Å². The van der Waals surface area contributed by atoms with Gasteiger partial charge in [0.15, 0.2) is 5.00 Å². The van der Waals surface area contributed by atoms with Crippen molar-refractivity contribution in [2.75, 3.05) is 11.4 Å². The second-order valence-corrected chi connectivity index (χ2v) is 7.32. The van der Waals surface area contributed by atoms with Gasteiger partial charge in [0.2, 0.25) is 0 Å². The van der Waals surface area contributed by atoms with Gasteiger partial charge in [-0.05, 0) is 25.7 Å². The van der Waals surface area contributed by atoms with Crippen LogP contribution in [0.4, 0.5) is 10.7 Å². The summed E-state index contributed by atoms with van der Waals surface area (Å²) < 4.78 is 0. The summed E-state index contributed by atoms with van der Waals surface area (Å²) in [7, 11) is 0. The third kappa shape index (κ3) is 3.74. The number of aliphatic hydroxyl groups is 1. The Morgan fingerprint density at radius 3 is 2.52 bits per heavy atom. The molecule has 0 unspecified atom stereocenters. The van der Waals surface area contributed by atoms with Crippen molar-refractivity contribution < 1.29 is 10.0 Å². The molecule has 1 heterocycles. The molecule has 118 valence electrons. The molecule has 6 heteroatoms. The Hall–Kier alpha value is -1.14. The van der Waals surface area contributed by atoms with E-state index in [4.69, 9.17) is 0 Å². The molecule has 1 aromatic rings. The Labute approximate surface area is 129 Å². The third-order valence-corrected chi connectivity index (χ3v) is 5.24. The first-order chi connectivity index (χ1) is 9.90. The summed E-state index contributed by atoms with van der Waals surface area (Å²) in [6, 6.07) is 1.93. The Bertz CT molecular complexity index is 493. The highest BCUT2D eigenvalue weighted by molar-refractivity contribution is 7.16. The molecule has 5 nitrogen and oxygen atoms in total. The van der Waals surface area contributed by atoms with Gasteiger partial charge in [0, 0.05) is 23.5 Å². The van der Waals surface area contributed by atoms with Crippen LogP contribution in [0, 0.1) is 16.0 Å². The first kappa shape index (κ1) is 16.2. The maximum absolute atomic E-state index is 11.4. The van der Waals surface area contributed by atoms with Gasteiger partial charge in [0.05, 0.1) is 11.0 Å². The topological polar surface area (TPSA) is 66.6 Å². The molecule has 1 aliphatic carbocycles. The highest BCUT2D eigenvalue weighted by Crippen LogP contribution is 2.43. The third-order valence-electron chi connectivity index (χ3n) is 3.91. The van der Waals surface area contributed by atoms with Crippen molar-refractivity contribution in [1.29, 1.82) is 0 Å². The van der Waals surface area contributed by atoms with E-state index in [9.17, 15) is 15.2 Å². The van der Waals surface area contributed by atoms with Crippen LogP contribution in [0.15, 0.2) is 6.07 Å². The molecule has 21 heavy (non-hydrogen) atoms. The van der Waals surface area contributed by atoms with Crippen LogP contribution >= 0.6 is 11.3 Å². The lowest BCUT2D eigenvalue weighted by Gasteiger charge is -2.30. The highest BCUT2D eigenvalue weighted by Gasteiger charge is 2.31. The summed E-state index contributed by atoms with van der Waals surface area (Å²) in [5, 5.41) is 21.8. The van der Waals surface area contributed by atoms with E-state index in [2.05, 4.69) is 18.7 Å². The number of hydrogen-bond acceptors (Lipinski definition) is 5. The quantitative estimate of drug-likeness (QED) is 0.634. The van der Waals surface area contributed by atoms with E-state index in [1.54, 1.807) is 6.92 Å². The predicted octanol–water partition coefficient (Wildman–Crippen LogP) is 4.11. The Balaban J connectivity index is 2.39. The summed E-state index contributed by atoms with van der Waals surface area (Å²) in [5.41, 5.74) is 0.142. The van der Waals surface area contributed by atoms with Crippen molar-refractivity contribution in [3.63, 3.8) is 0 Å². The van der Waals surface area contributed by atoms with Crippen molar-refractivity contribution in [3.05, 3.63) is 21.1 Å². The molecule has 1 saturated carbocycles. The SMILES string of the molecule is CC(C)CN(c1sc([C@H](C)O)cc1[N+](=O)[O-])C1CCCC1. The first-order valence-corrected chi connectivity index (χ1v) is 8.44. The standard InChI is InChI=1S/C15H24N2O3S/c1-10(2)9-16(12-6-4-5-7-12)15-13(17(19)20)8-14(21-15)11(3)18/h8,10-12,18H,4-7,9H2,1-3H3/t11-/m0/s1. The average Bonchev–Trinajstić information content (AvgIpc) is 3.05. The van der Waals surface area contributed by atoms with E-state index in [1.807, 2.05) is 0 Å². The van der Waals surface area contributed by atoms with Crippen molar-refractivity contribution >= 4 is 22.0 Å². The maximum atomic E-state index is 11.4. The van der Waals surface area contributed by atoms with Crippen LogP contribution in [0.3, 0.4) is 0 Å². The average molecular weight is 312 g/mol. The maximum Gasteiger partial charge on any atom is 0.304 e. The van der Waals surface area contributed by atoms with E-state index < -0.39 is 6.10 Å². The molecule has 0 amide bonds. The highest BCUT2D eigenvalue weighted by atomic mass is 32.1. The number of aliphatic hydroxyl groups excluding tert-OH is 1. The normalized spacial score (nSPS) is 17.4. The molecule has 0 radical (unpaired) electrons. The molecule has 0 saturated heterocycles. The minimum absolute atomic E-state index is 0.142. The zero-order valence-corrected chi connectivity index (χ0v) is 13.7. The van der Waals surface area contributed by atoms with E-state index >= 15 is 0 Å². The van der Waals surface area contributed by atoms with E-state index in [0.29, 0.717) is 16.8 Å². The minimum atomic E-state index is -0.660. The van der Waals surface area contributed by atoms with Crippen LogP contribution in [-0.4, -0.2) is 22.6 Å². The second-order valence-electron chi connectivity index (χ2n) is 6.26. The Kier molecular flexibility index (Phi) is 5.22. The molecule has 1 fully saturated rings. The fourth-order valence-electron chi connectivity index (χ4n) is 2.94. The molecule has 0 bridgehead atoms. The molecule has 0 spiro atoms. The van der Waals surface area contributed by atoms with E-state index in [1.165, 1.54) is 30.2 Å². The fraction of sp³-hybridized carbons (Fsp3) is 0.733. The van der Waals surface area contributed by atoms with Crippen LogP contribution < -0.4 is 4.90 Å². The Morgan fingerprint density at radius 2 is 2.05 bits per heavy atom. The number of hydrogen-bond donors (Lipinski definition) is 1. The monoisotopic (exact) mass is 312 g/mol. The zero-order chi connectivity index (χ0) is 15.6. The lowest BCUT2D eigenvalue weighted by atomic mass is 10.1. The molecular weight excluding hydrogens is 288 g/mol. The van der Waals surface area contributed by atoms with Crippen LogP contribution in [-0.2, 0) is 0 Å². The van der Waals surface area contributed by atoms with Crippen LogP contribution in [0.5, 0.6) is 0 Å². The molecule has 1 N–H and O–H groups in total. The van der Waals surface area contributed by atoms with Crippen molar-refractivity contribution in [2.24, 2.45) is 5.92 Å². The summed E-state index contributed by atoms with van der Waals surface area (Å²) >= 11 is 1.37. The van der Waals surface area contributed by atoms with Gasteiger partial charge in [-0.3, -0.25) is 10.1 Å². The van der Waals surface area contributed by atoms with Crippen molar-refractivity contribution in [2.45, 2.75) is 58.6 Å². The van der Waals surface area contributed by atoms with Gasteiger partial charge in [-0.25, -0.2) is 0 Å². The Morgan fingerprint density at radius 1 is 1.43 bits per heavy atom. The second kappa shape index (κ2) is 6.75. The number of nitrogens with zero attached hydrogens (tertiary/aromatic N) is 2. The molecule has 1 aromatic heterocycles. The van der Waals surface area contributed by atoms with E-state index in [0.717, 1.165) is 24.4 Å². The van der Waals surface area contributed by atoms with Crippen LogP contribution in [0.1, 0.15) is 57.4 Å². The molecule has 1 aliphatic rings. The van der Waals surface area contributed by atoms with Gasteiger partial charge in [0.25, 0.3) is 0 Å². The number of rotatable bonds is 6. The smallest absolute Gasteiger partial charge is 0.304 e. The lowest BCUT2D eigenvalue weighted by molar-refractivity contribution is -0.383. The minimum Gasteiger partial charge on any atom is -0.388 e. The summed E-state index contributed by atoms with van der Waals surface area (Å²) in [4.78, 5) is 13.9. The van der Waals surface area contributed by atoms with Crippen molar-refractivity contribution in [1.82, 2.24) is 0 Å². The first-order valence-electron chi connectivity index (χ1n) is 7.63. The van der Waals surface area contributed by atoms with Gasteiger partial charge in [0.1, 0.15) is 0 Å². The van der Waals surface area contributed by atoms with E-state index in [-0.39, 0.29) is 10.6 Å². The number of thiophene rings is 1. The summed E-state index contributed by atoms with van der Waals surface area (Å²) in [6.07, 6.45) is 3.94. The molecule has 2 rings (SSSR count). The van der Waals surface area contributed by atoms with Gasteiger partial charge in [-0.1, -0.05) is 26.7 Å². The predicted molar refractivity (Wildman–Crippen MR) is 86.0 cm³/mol. The van der Waals surface area contributed by atoms with Crippen LogP contribution in [0.2, 0.25) is 0 Å². The van der Waals surface area contributed by atoms with Gasteiger partial charge in [-0.2, -0.15) is 0 Å². The summed E-state index contributed by atoms with van der Waals surface area (Å²) in [6.45, 7) is 6.75.